The van der Waals surface area contributed by atoms with E-state index in [2.05, 4.69) is 162 Å². The van der Waals surface area contributed by atoms with Crippen LogP contribution in [0.2, 0.25) is 0 Å². The first-order chi connectivity index (χ1) is 34.2. The van der Waals surface area contributed by atoms with Gasteiger partial charge in [0.05, 0.1) is 16.7 Å². The first kappa shape index (κ1) is 38.8. The van der Waals surface area contributed by atoms with Gasteiger partial charge >= 0.3 is 0 Å². The zero-order chi connectivity index (χ0) is 45.4. The molecule has 0 aliphatic rings. The molecule has 0 N–H and O–H groups in total. The van der Waals surface area contributed by atoms with E-state index in [0.29, 0.717) is 17.5 Å². The number of rotatable bonds is 7. The van der Waals surface area contributed by atoms with E-state index in [1.807, 2.05) is 72.8 Å². The van der Waals surface area contributed by atoms with Crippen LogP contribution in [-0.2, 0) is 0 Å². The number of hydrogen-bond acceptors (Lipinski definition) is 5. The van der Waals surface area contributed by atoms with Crippen molar-refractivity contribution in [2.24, 2.45) is 0 Å². The third kappa shape index (κ3) is 6.38. The highest BCUT2D eigenvalue weighted by atomic mass is 16.3. The second kappa shape index (κ2) is 15.6. The number of benzene rings is 10. The van der Waals surface area contributed by atoms with Crippen LogP contribution in [0.15, 0.2) is 239 Å². The number of fused-ring (bicyclic) bond motifs is 9. The Morgan fingerprint density at radius 3 is 1.54 bits per heavy atom. The van der Waals surface area contributed by atoms with Gasteiger partial charge in [0.2, 0.25) is 0 Å². The Balaban J connectivity index is 0.985. The molecule has 6 nitrogen and oxygen atoms in total. The van der Waals surface area contributed by atoms with Crippen molar-refractivity contribution < 1.29 is 8.83 Å². The van der Waals surface area contributed by atoms with E-state index >= 15 is 0 Å². The molecule has 0 fully saturated rings. The molecule has 69 heavy (non-hydrogen) atoms. The Bertz CT molecular complexity index is 4250. The largest absolute Gasteiger partial charge is 0.456 e. The Kier molecular flexibility index (Phi) is 8.79. The topological polar surface area (TPSA) is 69.9 Å². The van der Waals surface area contributed by atoms with E-state index in [9.17, 15) is 0 Å². The highest BCUT2D eigenvalue weighted by molar-refractivity contribution is 6.21. The number of aromatic nitrogens is 4. The van der Waals surface area contributed by atoms with Gasteiger partial charge in [0.15, 0.2) is 17.5 Å². The summed E-state index contributed by atoms with van der Waals surface area (Å²) in [6, 6.07) is 80.3. The molecule has 4 aromatic heterocycles. The average Bonchev–Trinajstić information content (AvgIpc) is 4.11. The van der Waals surface area contributed by atoms with Crippen LogP contribution in [0.3, 0.4) is 0 Å². The van der Waals surface area contributed by atoms with Crippen molar-refractivity contribution in [3.8, 4) is 73.2 Å². The molecule has 0 aliphatic carbocycles. The average molecular weight is 883 g/mol. The minimum Gasteiger partial charge on any atom is -0.456 e. The zero-order valence-corrected chi connectivity index (χ0v) is 37.0. The summed E-state index contributed by atoms with van der Waals surface area (Å²) < 4.78 is 16.2. The Labute approximate surface area is 396 Å². The Morgan fingerprint density at radius 2 is 0.826 bits per heavy atom. The van der Waals surface area contributed by atoms with E-state index in [1.54, 1.807) is 0 Å². The standard InChI is InChI=1S/C63H38N4O2/c1-4-17-39(18-5-1)42-31-34-54-51(36-42)47-25-10-13-28-53(47)67(54)45-37-52(58-49-26-11-14-29-55(49)68-57(58)38-45)48-33-32-46(59-50-27-12-15-30-56(50)69-60(48)59)43-23-16-24-44(35-43)63-65-61(40-19-6-2-7-20-40)64-62(66-63)41-21-8-3-9-22-41/h1-38H. The quantitative estimate of drug-likeness (QED) is 0.159. The third-order valence-electron chi connectivity index (χ3n) is 13.4. The van der Waals surface area contributed by atoms with E-state index < -0.39 is 0 Å². The monoisotopic (exact) mass is 882 g/mol. The minimum absolute atomic E-state index is 0.599. The van der Waals surface area contributed by atoms with Gasteiger partial charge in [0.1, 0.15) is 22.3 Å². The summed E-state index contributed by atoms with van der Waals surface area (Å²) in [4.78, 5) is 15.1. The van der Waals surface area contributed by atoms with Crippen molar-refractivity contribution in [3.05, 3.63) is 231 Å². The highest BCUT2D eigenvalue weighted by Crippen LogP contribution is 2.47. The van der Waals surface area contributed by atoms with E-state index in [1.165, 1.54) is 21.9 Å². The lowest BCUT2D eigenvalue weighted by Gasteiger charge is -2.14. The van der Waals surface area contributed by atoms with Gasteiger partial charge in [-0.3, -0.25) is 0 Å². The molecule has 4 heterocycles. The van der Waals surface area contributed by atoms with E-state index in [4.69, 9.17) is 23.8 Å². The van der Waals surface area contributed by atoms with Crippen molar-refractivity contribution >= 4 is 65.7 Å². The Hall–Kier alpha value is -9.39. The van der Waals surface area contributed by atoms with Gasteiger partial charge in [-0.05, 0) is 76.3 Å². The second-order valence-corrected chi connectivity index (χ2v) is 17.5. The molecule has 0 bridgehead atoms. The molecule has 0 radical (unpaired) electrons. The highest BCUT2D eigenvalue weighted by Gasteiger charge is 2.24. The fraction of sp³-hybridized carbons (Fsp3) is 0. The fourth-order valence-corrected chi connectivity index (χ4v) is 10.3. The molecule has 0 atom stereocenters. The lowest BCUT2D eigenvalue weighted by molar-refractivity contribution is 0.668. The summed E-state index contributed by atoms with van der Waals surface area (Å²) in [6.45, 7) is 0. The summed E-state index contributed by atoms with van der Waals surface area (Å²) in [7, 11) is 0. The van der Waals surface area contributed by atoms with Gasteiger partial charge in [0, 0.05) is 60.6 Å². The third-order valence-corrected chi connectivity index (χ3v) is 13.4. The second-order valence-electron chi connectivity index (χ2n) is 17.5. The fourth-order valence-electron chi connectivity index (χ4n) is 10.3. The molecule has 0 aliphatic heterocycles. The van der Waals surface area contributed by atoms with Gasteiger partial charge in [-0.25, -0.2) is 15.0 Å². The van der Waals surface area contributed by atoms with Crippen LogP contribution >= 0.6 is 0 Å². The minimum atomic E-state index is 0.599. The van der Waals surface area contributed by atoms with Crippen molar-refractivity contribution in [3.63, 3.8) is 0 Å². The predicted octanol–water partition coefficient (Wildman–Crippen LogP) is 16.8. The number of para-hydroxylation sites is 3. The van der Waals surface area contributed by atoms with Crippen LogP contribution in [-0.4, -0.2) is 19.5 Å². The Morgan fingerprint density at radius 1 is 0.290 bits per heavy atom. The summed E-state index contributed by atoms with van der Waals surface area (Å²) in [5.41, 5.74) is 15.7. The lowest BCUT2D eigenvalue weighted by Crippen LogP contribution is -2.00. The van der Waals surface area contributed by atoms with Crippen molar-refractivity contribution in [1.82, 2.24) is 19.5 Å². The molecule has 14 aromatic rings. The summed E-state index contributed by atoms with van der Waals surface area (Å²) in [6.07, 6.45) is 0. The molecule has 0 unspecified atom stereocenters. The first-order valence-corrected chi connectivity index (χ1v) is 23.2. The SMILES string of the molecule is c1ccc(-c2ccc3c(c2)c2ccccc2n3-c2cc(-c3ccc(-c4cccc(-c5nc(-c6ccccc6)nc(-c6ccccc6)n5)c4)c4c3oc3ccccc34)c3c(c2)oc2ccccc23)cc1. The van der Waals surface area contributed by atoms with Crippen LogP contribution in [0, 0.1) is 0 Å². The van der Waals surface area contributed by atoms with Gasteiger partial charge in [-0.2, -0.15) is 0 Å². The van der Waals surface area contributed by atoms with Crippen molar-refractivity contribution in [2.45, 2.75) is 0 Å². The van der Waals surface area contributed by atoms with Crippen LogP contribution in [0.25, 0.3) is 139 Å². The van der Waals surface area contributed by atoms with Crippen LogP contribution < -0.4 is 0 Å². The summed E-state index contributed by atoms with van der Waals surface area (Å²) in [5, 5.41) is 6.53. The molecular formula is C63H38N4O2. The van der Waals surface area contributed by atoms with Crippen LogP contribution in [0.4, 0.5) is 0 Å². The van der Waals surface area contributed by atoms with Crippen LogP contribution in [0.5, 0.6) is 0 Å². The maximum Gasteiger partial charge on any atom is 0.164 e. The van der Waals surface area contributed by atoms with Gasteiger partial charge in [-0.1, -0.05) is 176 Å². The normalized spacial score (nSPS) is 11.8. The maximum absolute atomic E-state index is 7.04. The van der Waals surface area contributed by atoms with Crippen molar-refractivity contribution in [1.29, 1.82) is 0 Å². The summed E-state index contributed by atoms with van der Waals surface area (Å²) >= 11 is 0. The number of furan rings is 2. The van der Waals surface area contributed by atoms with Gasteiger partial charge < -0.3 is 13.4 Å². The maximum atomic E-state index is 7.04. The van der Waals surface area contributed by atoms with Crippen molar-refractivity contribution in [2.75, 3.05) is 0 Å². The van der Waals surface area contributed by atoms with Gasteiger partial charge in [-0.15, -0.1) is 0 Å². The molecule has 0 amide bonds. The molecule has 0 saturated heterocycles. The number of nitrogens with zero attached hydrogens (tertiary/aromatic N) is 4. The van der Waals surface area contributed by atoms with E-state index in [0.717, 1.165) is 99.5 Å². The van der Waals surface area contributed by atoms with E-state index in [-0.39, 0.29) is 0 Å². The zero-order valence-electron chi connectivity index (χ0n) is 37.0. The molecule has 14 rings (SSSR count). The molecule has 10 aromatic carbocycles. The molecule has 0 spiro atoms. The first-order valence-electron chi connectivity index (χ1n) is 23.2. The lowest BCUT2D eigenvalue weighted by atomic mass is 9.92. The van der Waals surface area contributed by atoms with Crippen LogP contribution in [0.1, 0.15) is 0 Å². The predicted molar refractivity (Wildman–Crippen MR) is 281 cm³/mol. The summed E-state index contributed by atoms with van der Waals surface area (Å²) in [5.74, 6) is 1.84. The molecule has 0 saturated carbocycles. The molecular weight excluding hydrogens is 845 g/mol. The molecule has 6 heteroatoms. The smallest absolute Gasteiger partial charge is 0.164 e. The number of hydrogen-bond donors (Lipinski definition) is 0. The molecule has 322 valence electrons. The van der Waals surface area contributed by atoms with Gasteiger partial charge in [0.25, 0.3) is 0 Å².